The maximum Gasteiger partial charge on any atom is 0.209 e. The summed E-state index contributed by atoms with van der Waals surface area (Å²) in [7, 11) is -3.61. The van der Waals surface area contributed by atoms with Gasteiger partial charge >= 0.3 is 0 Å². The molecular weight excluding hydrogens is 1390 g/mol. The fourth-order valence-corrected chi connectivity index (χ4v) is 25.0. The summed E-state index contributed by atoms with van der Waals surface area (Å²) in [6.07, 6.45) is 29.2. The molecular formula is C95H121N11O4S. The Morgan fingerprint density at radius 2 is 1.08 bits per heavy atom. The van der Waals surface area contributed by atoms with Crippen molar-refractivity contribution in [1.82, 2.24) is 40.0 Å². The van der Waals surface area contributed by atoms with Crippen molar-refractivity contribution in [3.05, 3.63) is 201 Å². The van der Waals surface area contributed by atoms with Gasteiger partial charge in [-0.05, 0) is 339 Å². The summed E-state index contributed by atoms with van der Waals surface area (Å²) in [4.78, 5) is 14.0. The first-order valence-electron chi connectivity index (χ1n) is 43.5. The van der Waals surface area contributed by atoms with Gasteiger partial charge in [-0.2, -0.15) is 15.6 Å². The smallest absolute Gasteiger partial charge is 0.209 e. The lowest BCUT2D eigenvalue weighted by Gasteiger charge is -2.54. The third-order valence-corrected chi connectivity index (χ3v) is 31.5. The molecule has 3 saturated carbocycles. The first-order chi connectivity index (χ1) is 54.4. The van der Waals surface area contributed by atoms with Gasteiger partial charge in [0, 0.05) is 99.7 Å². The van der Waals surface area contributed by atoms with Crippen LogP contribution in [0.1, 0.15) is 203 Å². The number of likely N-dealkylation sites (N-methyl/N-ethyl adjacent to an activating group) is 1. The van der Waals surface area contributed by atoms with Gasteiger partial charge in [-0.1, -0.05) is 80.4 Å². The van der Waals surface area contributed by atoms with E-state index in [2.05, 4.69) is 120 Å². The third kappa shape index (κ3) is 15.9. The van der Waals surface area contributed by atoms with Crippen LogP contribution in [0.3, 0.4) is 0 Å². The molecule has 111 heavy (non-hydrogen) atoms. The molecule has 0 amide bonds. The Bertz CT molecular complexity index is 4520. The van der Waals surface area contributed by atoms with Crippen molar-refractivity contribution in [1.29, 1.82) is 10.5 Å². The number of ether oxygens (including phenoxy) is 2. The zero-order valence-corrected chi connectivity index (χ0v) is 67.2. The second-order valence-corrected chi connectivity index (χ2v) is 37.7. The first-order valence-corrected chi connectivity index (χ1v) is 45.0. The average Bonchev–Trinajstić information content (AvgIpc) is 1.57. The van der Waals surface area contributed by atoms with Gasteiger partial charge in [0.1, 0.15) is 23.0 Å². The van der Waals surface area contributed by atoms with Gasteiger partial charge in [0.15, 0.2) is 0 Å². The van der Waals surface area contributed by atoms with Crippen molar-refractivity contribution in [2.75, 3.05) is 116 Å². The van der Waals surface area contributed by atoms with E-state index in [9.17, 15) is 18.9 Å². The molecule has 0 spiro atoms. The number of likely N-dealkylation sites (tertiary alicyclic amines) is 3. The Balaban J connectivity index is 0.581. The SMILES string of the molecule is CCN1Cc2cc(C3CCC(C4(CC5CCN(CCCOc6ccc(C#N)cc6)CC5)NCCc5cc(C6CCC(C7(CC8CCN(CCOc9ccc(C#N)cc9)CC8)NCCc8ccccc87)C6)ccc54)C3)ccc2C(C2CCCC2)(C2CCN(CC3CN(c4ccc(S(=O)(=O)c5cnn(CC)c5)cc4)C3)CC2)C1. The summed E-state index contributed by atoms with van der Waals surface area (Å²) in [6.45, 7) is 23.9. The van der Waals surface area contributed by atoms with Gasteiger partial charge < -0.3 is 34.8 Å². The predicted molar refractivity (Wildman–Crippen MR) is 441 cm³/mol. The zero-order valence-electron chi connectivity index (χ0n) is 66.4. The molecule has 7 atom stereocenters. The van der Waals surface area contributed by atoms with Crippen LogP contribution in [-0.2, 0) is 52.3 Å². The second kappa shape index (κ2) is 33.6. The number of hydrogen-bond acceptors (Lipinski definition) is 14. The van der Waals surface area contributed by atoms with Crippen LogP contribution in [0.15, 0.2) is 156 Å². The molecule has 4 saturated heterocycles. The fraction of sp³-hybridized carbons (Fsp3) is 0.568. The average molecular weight is 1510 g/mol. The number of anilines is 1. The highest BCUT2D eigenvalue weighted by Gasteiger charge is 2.54. The minimum absolute atomic E-state index is 0.0128. The number of hydrogen-bond donors (Lipinski definition) is 2. The van der Waals surface area contributed by atoms with Crippen molar-refractivity contribution >= 4 is 15.5 Å². The third-order valence-electron chi connectivity index (χ3n) is 29.7. The molecule has 2 N–H and O–H groups in total. The molecule has 7 fully saturated rings. The molecule has 7 unspecified atom stereocenters. The lowest BCUT2D eigenvalue weighted by Crippen LogP contribution is -2.57. The monoisotopic (exact) mass is 1510 g/mol. The Morgan fingerprint density at radius 1 is 0.523 bits per heavy atom. The summed E-state index contributed by atoms with van der Waals surface area (Å²) in [5.74, 6) is 7.28. The van der Waals surface area contributed by atoms with Crippen molar-refractivity contribution in [2.45, 2.75) is 200 Å². The van der Waals surface area contributed by atoms with Gasteiger partial charge in [-0.15, -0.1) is 0 Å². The summed E-state index contributed by atoms with van der Waals surface area (Å²) in [5, 5.41) is 31.7. The molecule has 10 aliphatic rings. The lowest BCUT2D eigenvalue weighted by molar-refractivity contribution is 0.0358. The quantitative estimate of drug-likeness (QED) is 0.0493. The number of nitriles is 2. The largest absolute Gasteiger partial charge is 0.494 e. The van der Waals surface area contributed by atoms with Crippen molar-refractivity contribution in [3.63, 3.8) is 0 Å². The molecule has 6 aromatic carbocycles. The second-order valence-electron chi connectivity index (χ2n) is 35.7. The van der Waals surface area contributed by atoms with E-state index >= 15 is 0 Å². The minimum Gasteiger partial charge on any atom is -0.494 e. The lowest BCUT2D eigenvalue weighted by atomic mass is 9.56. The van der Waals surface area contributed by atoms with Crippen LogP contribution in [0.25, 0.3) is 0 Å². The summed E-state index contributed by atoms with van der Waals surface area (Å²) in [6, 6.07) is 52.9. The van der Waals surface area contributed by atoms with E-state index in [0.29, 0.717) is 83.1 Å². The van der Waals surface area contributed by atoms with Gasteiger partial charge in [0.25, 0.3) is 0 Å². The van der Waals surface area contributed by atoms with Gasteiger partial charge in [-0.25, -0.2) is 8.42 Å². The number of piperidine rings is 3. The molecule has 15 nitrogen and oxygen atoms in total. The van der Waals surface area contributed by atoms with Crippen molar-refractivity contribution < 1.29 is 17.9 Å². The number of rotatable bonds is 26. The highest BCUT2D eigenvalue weighted by atomic mass is 32.2. The molecule has 3 aliphatic carbocycles. The maximum atomic E-state index is 13.4. The Kier molecular flexibility index (Phi) is 23.1. The number of aryl methyl sites for hydroxylation is 1. The Labute approximate surface area is 662 Å². The van der Waals surface area contributed by atoms with E-state index in [4.69, 9.17) is 9.47 Å². The van der Waals surface area contributed by atoms with E-state index in [0.717, 1.165) is 127 Å². The number of fused-ring (bicyclic) bond motifs is 3. The summed E-state index contributed by atoms with van der Waals surface area (Å²) >= 11 is 0. The molecule has 1 aromatic heterocycles. The molecule has 0 bridgehead atoms. The number of benzene rings is 6. The van der Waals surface area contributed by atoms with Gasteiger partial charge in [0.2, 0.25) is 9.84 Å². The normalized spacial score (nSPS) is 26.9. The first kappa shape index (κ1) is 76.3. The van der Waals surface area contributed by atoms with Crippen molar-refractivity contribution in [3.8, 4) is 23.6 Å². The van der Waals surface area contributed by atoms with E-state index in [-0.39, 0.29) is 21.4 Å². The standard InChI is InChI=1S/C95H121N11O4S/c1-3-101-66-80-55-76(20-32-90(80)93(68-101,81-11-6-7-12-81)82-40-49-104(50-41-82)63-73-64-105(65-73)85-24-30-88(31-25-85)111(107,108)89-62-100-106(4-2)67-89)78-19-23-84(57-78)95(59-69-36-45-102(46-37-69)44-9-52-109-86-26-14-71(60-96)15-27-86)92-33-21-75(54-79(92)35-43-99-95)77-18-22-83(56-77)94(91-13-8-5-10-74(91)34-42-98-94)58-70-38-47-103(48-39-70)51-53-110-87-28-16-72(61-97)17-29-87/h5,8,10,13-17,20-21,24-33,54-55,62,67,69-70,73,77-78,81-84,98-99H,3-4,6-7,9,11-12,18-19,22-23,34-53,56-59,63-66,68H2,1-2H3. The zero-order chi connectivity index (χ0) is 75.5. The molecule has 8 heterocycles. The van der Waals surface area contributed by atoms with E-state index in [1.807, 2.05) is 67.6 Å². The molecule has 16 heteroatoms. The number of nitrogens with zero attached hydrogens (tertiary/aromatic N) is 9. The summed E-state index contributed by atoms with van der Waals surface area (Å²) in [5.41, 5.74) is 15.5. The number of sulfone groups is 1. The Hall–Kier alpha value is -7.38. The molecule has 7 aromatic rings. The van der Waals surface area contributed by atoms with E-state index in [1.165, 1.54) is 141 Å². The summed E-state index contributed by atoms with van der Waals surface area (Å²) < 4.78 is 40.9. The number of nitrogens with one attached hydrogen (secondary N) is 2. The maximum absolute atomic E-state index is 13.4. The molecule has 586 valence electrons. The van der Waals surface area contributed by atoms with Crippen LogP contribution in [0.4, 0.5) is 5.69 Å². The molecule has 0 radical (unpaired) electrons. The minimum atomic E-state index is -3.61. The van der Waals surface area contributed by atoms with Crippen LogP contribution in [0, 0.1) is 64.1 Å². The Morgan fingerprint density at radius 3 is 1.68 bits per heavy atom. The molecule has 17 rings (SSSR count). The fourth-order valence-electron chi connectivity index (χ4n) is 23.8. The van der Waals surface area contributed by atoms with Crippen LogP contribution in [0.2, 0.25) is 0 Å². The van der Waals surface area contributed by atoms with Crippen LogP contribution < -0.4 is 25.0 Å². The van der Waals surface area contributed by atoms with E-state index < -0.39 is 9.84 Å². The van der Waals surface area contributed by atoms with E-state index in [1.54, 1.807) is 67.5 Å². The van der Waals surface area contributed by atoms with Gasteiger partial charge in [0.05, 0.1) is 41.0 Å². The predicted octanol–water partition coefficient (Wildman–Crippen LogP) is 16.2. The van der Waals surface area contributed by atoms with Gasteiger partial charge in [-0.3, -0.25) is 14.5 Å². The number of aromatic nitrogens is 2. The van der Waals surface area contributed by atoms with Crippen molar-refractivity contribution in [2.24, 2.45) is 41.4 Å². The van der Waals surface area contributed by atoms with Crippen LogP contribution in [-0.4, -0.2) is 149 Å². The van der Waals surface area contributed by atoms with Crippen LogP contribution in [0.5, 0.6) is 11.5 Å². The highest BCUT2D eigenvalue weighted by molar-refractivity contribution is 7.91. The topological polar surface area (TPSA) is 158 Å². The van der Waals surface area contributed by atoms with Crippen LogP contribution >= 0.6 is 0 Å². The molecule has 7 aliphatic heterocycles. The highest BCUT2D eigenvalue weighted by Crippen LogP contribution is 2.58.